The van der Waals surface area contributed by atoms with E-state index in [-0.39, 0.29) is 28.5 Å². The average molecular weight is 365 g/mol. The van der Waals surface area contributed by atoms with Crippen LogP contribution >= 0.6 is 0 Å². The van der Waals surface area contributed by atoms with Crippen molar-refractivity contribution in [3.63, 3.8) is 0 Å². The highest BCUT2D eigenvalue weighted by Crippen LogP contribution is 2.21. The van der Waals surface area contributed by atoms with Crippen LogP contribution in [0.25, 0.3) is 0 Å². The molecule has 1 heterocycles. The molecule has 1 aromatic heterocycles. The van der Waals surface area contributed by atoms with E-state index in [0.29, 0.717) is 0 Å². The van der Waals surface area contributed by atoms with Crippen molar-refractivity contribution in [2.24, 2.45) is 5.92 Å². The van der Waals surface area contributed by atoms with Gasteiger partial charge in [-0.05, 0) is 18.2 Å². The number of benzene rings is 1. The van der Waals surface area contributed by atoms with Gasteiger partial charge in [0.05, 0.1) is 22.8 Å². The zero-order chi connectivity index (χ0) is 18.6. The van der Waals surface area contributed by atoms with Crippen LogP contribution in [-0.4, -0.2) is 43.9 Å². The molecular formula is C17H19NO6S. The standard InChI is InChI=1S/C17H19NO6S/c1-12(17(20)21)10-18(2)16(19)15-13(8-9-24-15)11-25(22,23)14-6-4-3-5-7-14/h3-9,12H,10-11H2,1-2H3,(H,20,21). The van der Waals surface area contributed by atoms with Crippen LogP contribution in [0.5, 0.6) is 0 Å². The Hall–Kier alpha value is -2.61. The lowest BCUT2D eigenvalue weighted by molar-refractivity contribution is -0.141. The lowest BCUT2D eigenvalue weighted by atomic mass is 10.1. The van der Waals surface area contributed by atoms with Gasteiger partial charge in [0.15, 0.2) is 15.6 Å². The van der Waals surface area contributed by atoms with Crippen LogP contribution in [0.1, 0.15) is 23.0 Å². The Morgan fingerprint density at radius 1 is 1.20 bits per heavy atom. The zero-order valence-electron chi connectivity index (χ0n) is 13.9. The van der Waals surface area contributed by atoms with Crippen LogP contribution in [0.15, 0.2) is 52.0 Å². The van der Waals surface area contributed by atoms with Gasteiger partial charge in [0.1, 0.15) is 0 Å². The molecule has 0 fully saturated rings. The lowest BCUT2D eigenvalue weighted by Gasteiger charge is -2.18. The number of carboxylic acid groups (broad SMARTS) is 1. The summed E-state index contributed by atoms with van der Waals surface area (Å²) >= 11 is 0. The number of carboxylic acids is 1. The number of sulfone groups is 1. The van der Waals surface area contributed by atoms with E-state index < -0.39 is 27.6 Å². The highest BCUT2D eigenvalue weighted by atomic mass is 32.2. The van der Waals surface area contributed by atoms with E-state index in [1.807, 2.05) is 0 Å². The number of aliphatic carboxylic acids is 1. The fraction of sp³-hybridized carbons (Fsp3) is 0.294. The predicted molar refractivity (Wildman–Crippen MR) is 89.8 cm³/mol. The van der Waals surface area contributed by atoms with Crippen molar-refractivity contribution >= 4 is 21.7 Å². The van der Waals surface area contributed by atoms with Gasteiger partial charge in [0.2, 0.25) is 0 Å². The fourth-order valence-corrected chi connectivity index (χ4v) is 3.67. The van der Waals surface area contributed by atoms with Gasteiger partial charge in [-0.3, -0.25) is 9.59 Å². The number of rotatable bonds is 7. The van der Waals surface area contributed by atoms with E-state index in [2.05, 4.69) is 0 Å². The maximum atomic E-state index is 12.5. The molecule has 0 aliphatic carbocycles. The van der Waals surface area contributed by atoms with Gasteiger partial charge in [-0.25, -0.2) is 8.42 Å². The number of carbonyl (C=O) groups excluding carboxylic acids is 1. The first-order chi connectivity index (χ1) is 11.7. The second kappa shape index (κ2) is 7.52. The molecule has 0 aliphatic heterocycles. The van der Waals surface area contributed by atoms with Crippen LogP contribution in [0.3, 0.4) is 0 Å². The van der Waals surface area contributed by atoms with Crippen LogP contribution in [0.2, 0.25) is 0 Å². The molecule has 1 atom stereocenters. The molecule has 0 saturated carbocycles. The average Bonchev–Trinajstić information content (AvgIpc) is 3.02. The number of hydrogen-bond acceptors (Lipinski definition) is 5. The van der Waals surface area contributed by atoms with E-state index in [4.69, 9.17) is 9.52 Å². The van der Waals surface area contributed by atoms with Gasteiger partial charge in [-0.2, -0.15) is 0 Å². The van der Waals surface area contributed by atoms with Gasteiger partial charge in [-0.1, -0.05) is 25.1 Å². The van der Waals surface area contributed by atoms with Crippen molar-refractivity contribution < 1.29 is 27.5 Å². The molecular weight excluding hydrogens is 346 g/mol. The number of carbonyl (C=O) groups is 2. The second-order valence-electron chi connectivity index (χ2n) is 5.77. The SMILES string of the molecule is CC(CN(C)C(=O)c1occc1CS(=O)(=O)c1ccccc1)C(=O)O. The zero-order valence-corrected chi connectivity index (χ0v) is 14.7. The summed E-state index contributed by atoms with van der Waals surface area (Å²) in [4.78, 5) is 24.7. The van der Waals surface area contributed by atoms with Crippen LogP contribution in [0, 0.1) is 5.92 Å². The fourth-order valence-electron chi connectivity index (χ4n) is 2.30. The molecule has 0 bridgehead atoms. The first kappa shape index (κ1) is 18.7. The number of nitrogens with zero attached hydrogens (tertiary/aromatic N) is 1. The summed E-state index contributed by atoms with van der Waals surface area (Å²) in [7, 11) is -2.18. The first-order valence-electron chi connectivity index (χ1n) is 7.55. The van der Waals surface area contributed by atoms with Crippen LogP contribution < -0.4 is 0 Å². The third kappa shape index (κ3) is 4.48. The first-order valence-corrected chi connectivity index (χ1v) is 9.20. The number of furan rings is 1. The molecule has 134 valence electrons. The Bertz CT molecular complexity index is 856. The molecule has 1 unspecified atom stereocenters. The topological polar surface area (TPSA) is 105 Å². The minimum absolute atomic E-state index is 0.0141. The molecule has 0 aliphatic rings. The van der Waals surface area contributed by atoms with Crippen molar-refractivity contribution in [1.82, 2.24) is 4.90 Å². The van der Waals surface area contributed by atoms with E-state index in [9.17, 15) is 18.0 Å². The van der Waals surface area contributed by atoms with Crippen molar-refractivity contribution in [2.75, 3.05) is 13.6 Å². The van der Waals surface area contributed by atoms with E-state index >= 15 is 0 Å². The van der Waals surface area contributed by atoms with Gasteiger partial charge in [0, 0.05) is 19.2 Å². The molecule has 0 spiro atoms. The third-order valence-corrected chi connectivity index (χ3v) is 5.39. The summed E-state index contributed by atoms with van der Waals surface area (Å²) in [5, 5.41) is 8.94. The van der Waals surface area contributed by atoms with Crippen molar-refractivity contribution in [1.29, 1.82) is 0 Å². The molecule has 7 nitrogen and oxygen atoms in total. The van der Waals surface area contributed by atoms with Crippen molar-refractivity contribution in [3.05, 3.63) is 54.0 Å². The Morgan fingerprint density at radius 2 is 1.84 bits per heavy atom. The molecule has 0 radical (unpaired) electrons. The van der Waals surface area contributed by atoms with Gasteiger partial charge >= 0.3 is 5.97 Å². The molecule has 1 N–H and O–H groups in total. The van der Waals surface area contributed by atoms with Crippen molar-refractivity contribution in [3.8, 4) is 0 Å². The van der Waals surface area contributed by atoms with E-state index in [1.54, 1.807) is 18.2 Å². The van der Waals surface area contributed by atoms with Gasteiger partial charge in [0.25, 0.3) is 5.91 Å². The largest absolute Gasteiger partial charge is 0.481 e. The van der Waals surface area contributed by atoms with E-state index in [1.165, 1.54) is 43.3 Å². The van der Waals surface area contributed by atoms with Crippen molar-refractivity contribution in [2.45, 2.75) is 17.6 Å². The highest BCUT2D eigenvalue weighted by molar-refractivity contribution is 7.90. The maximum absolute atomic E-state index is 12.5. The smallest absolute Gasteiger partial charge is 0.308 e. The second-order valence-corrected chi connectivity index (χ2v) is 7.76. The third-order valence-electron chi connectivity index (χ3n) is 3.70. The summed E-state index contributed by atoms with van der Waals surface area (Å²) in [5.74, 6) is -2.81. The summed E-state index contributed by atoms with van der Waals surface area (Å²) in [6.07, 6.45) is 1.25. The Morgan fingerprint density at radius 3 is 2.44 bits per heavy atom. The summed E-state index contributed by atoms with van der Waals surface area (Å²) in [6, 6.07) is 9.35. The molecule has 8 heteroatoms. The Balaban J connectivity index is 2.20. The Labute approximate surface area is 145 Å². The Kier molecular flexibility index (Phi) is 5.63. The quantitative estimate of drug-likeness (QED) is 0.805. The molecule has 25 heavy (non-hydrogen) atoms. The van der Waals surface area contributed by atoms with E-state index in [0.717, 1.165) is 0 Å². The predicted octanol–water partition coefficient (Wildman–Crippen LogP) is 2.05. The maximum Gasteiger partial charge on any atom is 0.308 e. The minimum Gasteiger partial charge on any atom is -0.481 e. The molecule has 1 aromatic carbocycles. The summed E-state index contributed by atoms with van der Waals surface area (Å²) in [5.41, 5.74) is 0.240. The number of hydrogen-bond donors (Lipinski definition) is 1. The summed E-state index contributed by atoms with van der Waals surface area (Å²) < 4.78 is 30.1. The molecule has 2 rings (SSSR count). The summed E-state index contributed by atoms with van der Waals surface area (Å²) in [6.45, 7) is 1.47. The molecule has 0 saturated heterocycles. The monoisotopic (exact) mass is 365 g/mol. The molecule has 2 aromatic rings. The minimum atomic E-state index is -3.63. The van der Waals surface area contributed by atoms with Crippen LogP contribution in [0.4, 0.5) is 0 Å². The number of amides is 1. The van der Waals surface area contributed by atoms with Gasteiger partial charge in [-0.15, -0.1) is 0 Å². The molecule has 1 amide bonds. The lowest BCUT2D eigenvalue weighted by Crippen LogP contribution is -2.34. The van der Waals surface area contributed by atoms with Gasteiger partial charge < -0.3 is 14.4 Å². The van der Waals surface area contributed by atoms with Crippen LogP contribution in [-0.2, 0) is 20.4 Å². The highest BCUT2D eigenvalue weighted by Gasteiger charge is 2.26. The normalized spacial score (nSPS) is 12.6.